The van der Waals surface area contributed by atoms with Crippen LogP contribution in [0.15, 0.2) is 60.7 Å². The third kappa shape index (κ3) is 6.85. The van der Waals surface area contributed by atoms with E-state index >= 15 is 0 Å². The molecule has 0 bridgehead atoms. The number of pyridine rings is 2. The average molecular weight is 740 g/mol. The monoisotopic (exact) mass is 738 g/mol. The Hall–Kier alpha value is -4.22. The highest BCUT2D eigenvalue weighted by atomic mass is 35.5. The van der Waals surface area contributed by atoms with Crippen molar-refractivity contribution in [2.45, 2.75) is 62.7 Å². The maximum Gasteiger partial charge on any atom is 0.220 e. The van der Waals surface area contributed by atoms with Crippen LogP contribution in [0.3, 0.4) is 0 Å². The number of rotatable bonds is 9. The molecule has 4 atom stereocenters. The number of nitrogens with one attached hydrogen (secondary N) is 4. The fourth-order valence-corrected chi connectivity index (χ4v) is 8.72. The van der Waals surface area contributed by atoms with E-state index in [1.165, 1.54) is 0 Å². The number of benzene rings is 2. The van der Waals surface area contributed by atoms with Gasteiger partial charge >= 0.3 is 0 Å². The molecule has 4 aliphatic heterocycles. The number of carbonyl (C=O) groups is 2. The Kier molecular flexibility index (Phi) is 9.82. The zero-order valence-corrected chi connectivity index (χ0v) is 31.0. The van der Waals surface area contributed by atoms with Crippen LogP contribution < -0.4 is 31.1 Å². The molecule has 2 amide bonds. The highest BCUT2D eigenvalue weighted by Crippen LogP contribution is 2.44. The van der Waals surface area contributed by atoms with E-state index in [4.69, 9.17) is 33.2 Å². The molecule has 52 heavy (non-hydrogen) atoms. The second-order valence-corrected chi connectivity index (χ2v) is 15.3. The molecule has 6 heterocycles. The minimum Gasteiger partial charge on any atom is -0.359 e. The van der Waals surface area contributed by atoms with Crippen molar-refractivity contribution in [2.24, 2.45) is 0 Å². The van der Waals surface area contributed by atoms with E-state index < -0.39 is 0 Å². The normalized spacial score (nSPS) is 22.6. The van der Waals surface area contributed by atoms with E-state index in [0.29, 0.717) is 22.9 Å². The van der Waals surface area contributed by atoms with Crippen molar-refractivity contribution in [1.82, 2.24) is 31.2 Å². The summed E-state index contributed by atoms with van der Waals surface area (Å²) in [6.45, 7) is 3.23. The Morgan fingerprint density at radius 1 is 0.635 bits per heavy atom. The molecule has 12 heteroatoms. The zero-order valence-electron chi connectivity index (χ0n) is 29.5. The van der Waals surface area contributed by atoms with Gasteiger partial charge in [0.05, 0.1) is 21.4 Å². The number of hydrogen-bond acceptors (Lipinski definition) is 8. The Balaban J connectivity index is 1.05. The van der Waals surface area contributed by atoms with Crippen molar-refractivity contribution in [3.63, 3.8) is 0 Å². The molecule has 0 unspecified atom stereocenters. The van der Waals surface area contributed by atoms with E-state index in [9.17, 15) is 9.59 Å². The first-order valence-electron chi connectivity index (χ1n) is 18.3. The summed E-state index contributed by atoms with van der Waals surface area (Å²) in [4.78, 5) is 38.1. The molecular formula is C40H44Cl2N8O2. The first kappa shape index (κ1) is 34.8. The van der Waals surface area contributed by atoms with Crippen LogP contribution in [-0.2, 0) is 9.59 Å². The molecule has 2 fully saturated rings. The maximum absolute atomic E-state index is 11.7. The van der Waals surface area contributed by atoms with Crippen LogP contribution in [0.5, 0.6) is 0 Å². The van der Waals surface area contributed by atoms with Gasteiger partial charge < -0.3 is 31.1 Å². The number of amides is 2. The van der Waals surface area contributed by atoms with Crippen LogP contribution in [0.4, 0.5) is 11.6 Å². The molecular weight excluding hydrogens is 695 g/mol. The van der Waals surface area contributed by atoms with E-state index in [0.717, 1.165) is 108 Å². The lowest BCUT2D eigenvalue weighted by molar-refractivity contribution is -0.120. The van der Waals surface area contributed by atoms with Crippen LogP contribution in [0, 0.1) is 0 Å². The van der Waals surface area contributed by atoms with Gasteiger partial charge in [-0.2, -0.15) is 0 Å². The molecule has 4 N–H and O–H groups in total. The molecule has 2 aromatic carbocycles. The molecule has 2 saturated heterocycles. The van der Waals surface area contributed by atoms with Gasteiger partial charge in [0.15, 0.2) is 0 Å². The summed E-state index contributed by atoms with van der Waals surface area (Å²) in [5, 5.41) is 14.7. The summed E-state index contributed by atoms with van der Waals surface area (Å²) in [5.41, 5.74) is 7.23. The number of halogens is 2. The molecule has 10 nitrogen and oxygen atoms in total. The minimum atomic E-state index is 0.132. The fraction of sp³-hybridized carbons (Fsp3) is 0.400. The van der Waals surface area contributed by atoms with Gasteiger partial charge in [0.25, 0.3) is 0 Å². The van der Waals surface area contributed by atoms with Crippen molar-refractivity contribution in [2.75, 3.05) is 50.1 Å². The molecule has 0 spiro atoms. The van der Waals surface area contributed by atoms with Crippen LogP contribution in [0.25, 0.3) is 33.6 Å². The predicted molar refractivity (Wildman–Crippen MR) is 208 cm³/mol. The lowest BCUT2D eigenvalue weighted by Gasteiger charge is -2.33. The van der Waals surface area contributed by atoms with Crippen molar-refractivity contribution in [1.29, 1.82) is 0 Å². The summed E-state index contributed by atoms with van der Waals surface area (Å²) in [7, 11) is 4.15. The van der Waals surface area contributed by atoms with Crippen LogP contribution >= 0.6 is 23.2 Å². The lowest BCUT2D eigenvalue weighted by atomic mass is 9.95. The van der Waals surface area contributed by atoms with Gasteiger partial charge in [-0.3, -0.25) is 9.59 Å². The Morgan fingerprint density at radius 3 is 1.46 bits per heavy atom. The third-order valence-corrected chi connectivity index (χ3v) is 11.8. The molecule has 2 aromatic heterocycles. The number of nitrogens with zero attached hydrogens (tertiary/aromatic N) is 4. The maximum atomic E-state index is 11.7. The summed E-state index contributed by atoms with van der Waals surface area (Å²) in [6.07, 6.45) is 4.86. The van der Waals surface area contributed by atoms with E-state index in [1.54, 1.807) is 0 Å². The summed E-state index contributed by atoms with van der Waals surface area (Å²) in [5.74, 6) is 2.13. The van der Waals surface area contributed by atoms with Crippen molar-refractivity contribution < 1.29 is 9.59 Å². The van der Waals surface area contributed by atoms with Crippen molar-refractivity contribution in [3.05, 3.63) is 81.8 Å². The number of carbonyl (C=O) groups excluding carboxylic acids is 2. The van der Waals surface area contributed by atoms with Gasteiger partial charge in [0.1, 0.15) is 11.6 Å². The quantitative estimate of drug-likeness (QED) is 0.159. The van der Waals surface area contributed by atoms with Crippen molar-refractivity contribution >= 4 is 46.7 Å². The number of fused-ring (bicyclic) bond motifs is 2. The van der Waals surface area contributed by atoms with Crippen LogP contribution in [-0.4, -0.2) is 74.1 Å². The second-order valence-electron chi connectivity index (χ2n) is 14.5. The van der Waals surface area contributed by atoms with Gasteiger partial charge in [-0.05, 0) is 37.8 Å². The summed E-state index contributed by atoms with van der Waals surface area (Å²) in [6, 6.07) is 21.1. The number of aromatic nitrogens is 2. The molecule has 8 rings (SSSR count). The molecule has 0 saturated carbocycles. The SMILES string of the molecule is CN1CC[C@H](NC[C@@H]2CCC(=O)N2)c2ccc(-c3cccc(-c4cccc(-c5ccc6c(n5)N(C)CC[C@H]6NC[C@H]5CCC(=O)N5)c4Cl)c3Cl)nc21. The van der Waals surface area contributed by atoms with Gasteiger partial charge in [-0.25, -0.2) is 9.97 Å². The smallest absolute Gasteiger partial charge is 0.220 e. The van der Waals surface area contributed by atoms with Gasteiger partial charge in [0.2, 0.25) is 11.8 Å². The summed E-state index contributed by atoms with van der Waals surface area (Å²) >= 11 is 14.5. The van der Waals surface area contributed by atoms with E-state index in [2.05, 4.69) is 57.3 Å². The average Bonchev–Trinajstić information content (AvgIpc) is 3.78. The largest absolute Gasteiger partial charge is 0.359 e. The first-order chi connectivity index (χ1) is 25.2. The van der Waals surface area contributed by atoms with E-state index in [1.807, 2.05) is 48.5 Å². The number of anilines is 2. The molecule has 4 aliphatic rings. The lowest BCUT2D eigenvalue weighted by Crippen LogP contribution is -2.40. The van der Waals surface area contributed by atoms with Crippen LogP contribution in [0.1, 0.15) is 61.7 Å². The van der Waals surface area contributed by atoms with E-state index in [-0.39, 0.29) is 36.0 Å². The fourth-order valence-electron chi connectivity index (χ4n) is 8.07. The Labute approximate surface area is 314 Å². The molecule has 0 aliphatic carbocycles. The van der Waals surface area contributed by atoms with Gasteiger partial charge in [-0.15, -0.1) is 0 Å². The molecule has 0 radical (unpaired) electrons. The highest BCUT2D eigenvalue weighted by molar-refractivity contribution is 6.39. The second kappa shape index (κ2) is 14.7. The molecule has 270 valence electrons. The topological polar surface area (TPSA) is 115 Å². The Bertz CT molecular complexity index is 1880. The standard InChI is InChI=1S/C40H44Cl2N8O2/c1-49-19-17-31(43-21-23-9-15-35(51)45-23)29-11-13-33(47-39(29)49)27-7-3-5-25(37(27)41)26-6-4-8-28(38(26)42)34-14-12-30-32(18-20-50(2)40(30)48-34)44-22-24-10-16-36(52)46-24/h3-8,11-14,23-24,31-32,43-44H,9-10,15-22H2,1-2H3,(H,45,51)(H,46,52)/t23-,24+,31-,32+. The summed E-state index contributed by atoms with van der Waals surface area (Å²) < 4.78 is 0. The zero-order chi connectivity index (χ0) is 35.9. The third-order valence-electron chi connectivity index (χ3n) is 11.0. The first-order valence-corrected chi connectivity index (χ1v) is 19.1. The van der Waals surface area contributed by atoms with Crippen molar-refractivity contribution in [3.8, 4) is 33.6 Å². The highest BCUT2D eigenvalue weighted by Gasteiger charge is 2.30. The van der Waals surface area contributed by atoms with Gasteiger partial charge in [-0.1, -0.05) is 71.7 Å². The van der Waals surface area contributed by atoms with Crippen LogP contribution in [0.2, 0.25) is 10.0 Å². The Morgan fingerprint density at radius 2 is 1.06 bits per heavy atom. The predicted octanol–water partition coefficient (Wildman–Crippen LogP) is 6.28. The number of hydrogen-bond donors (Lipinski definition) is 4. The minimum absolute atomic E-state index is 0.132. The van der Waals surface area contributed by atoms with Gasteiger partial charge in [0, 0.05) is 111 Å². The molecule has 4 aromatic rings.